The minimum absolute atomic E-state index is 0.123. The minimum Gasteiger partial charge on any atom is -0.481 e. The molecule has 124 valence electrons. The maximum absolute atomic E-state index is 11.9. The average Bonchev–Trinajstić information content (AvgIpc) is 2.94. The molecule has 1 aromatic carbocycles. The third-order valence-electron chi connectivity index (χ3n) is 5.02. The number of aromatic nitrogens is 2. The van der Waals surface area contributed by atoms with Gasteiger partial charge in [0.25, 0.3) is 0 Å². The van der Waals surface area contributed by atoms with Gasteiger partial charge < -0.3 is 19.8 Å². The molecule has 0 spiro atoms. The van der Waals surface area contributed by atoms with E-state index in [1.54, 1.807) is 12.6 Å². The normalized spacial score (nSPS) is 22.8. The molecule has 1 fully saturated rings. The lowest BCUT2D eigenvalue weighted by molar-refractivity contribution is -0.140. The second-order valence-electron chi connectivity index (χ2n) is 6.42. The fourth-order valence-corrected chi connectivity index (χ4v) is 3.54. The number of hydrogen-bond donors (Lipinski definition) is 2. The first-order chi connectivity index (χ1) is 11.6. The van der Waals surface area contributed by atoms with Gasteiger partial charge in [-0.1, -0.05) is 0 Å². The summed E-state index contributed by atoms with van der Waals surface area (Å²) in [6.07, 6.45) is 7.48. The first-order valence-corrected chi connectivity index (χ1v) is 8.11. The highest BCUT2D eigenvalue weighted by atomic mass is 16.4. The second-order valence-corrected chi connectivity index (χ2v) is 6.42. The summed E-state index contributed by atoms with van der Waals surface area (Å²) in [5, 5.41) is 10.7. The van der Waals surface area contributed by atoms with E-state index in [1.807, 2.05) is 35.0 Å². The van der Waals surface area contributed by atoms with Crippen LogP contribution in [0.15, 0.2) is 47.5 Å². The average molecular weight is 325 g/mol. The molecule has 1 saturated carbocycles. The molecule has 6 heteroatoms. The lowest BCUT2D eigenvalue weighted by Gasteiger charge is -2.09. The monoisotopic (exact) mass is 325 g/mol. The van der Waals surface area contributed by atoms with Crippen molar-refractivity contribution in [3.05, 3.63) is 48.7 Å². The first-order valence-electron chi connectivity index (χ1n) is 8.11. The molecule has 0 aliphatic heterocycles. The number of fused-ring (bicyclic) bond motifs is 1. The van der Waals surface area contributed by atoms with Gasteiger partial charge in [0.15, 0.2) is 0 Å². The Morgan fingerprint density at radius 1 is 1.46 bits per heavy atom. The van der Waals surface area contributed by atoms with Gasteiger partial charge in [-0.05, 0) is 56.0 Å². The lowest BCUT2D eigenvalue weighted by atomic mass is 9.98. The van der Waals surface area contributed by atoms with Gasteiger partial charge in [-0.15, -0.1) is 0 Å². The molecule has 2 aromatic heterocycles. The van der Waals surface area contributed by atoms with Gasteiger partial charge >= 0.3 is 5.97 Å². The van der Waals surface area contributed by atoms with E-state index in [0.29, 0.717) is 18.7 Å². The molecule has 4 rings (SSSR count). The molecular formula is C18H19N3O3. The van der Waals surface area contributed by atoms with Crippen molar-refractivity contribution in [3.8, 4) is 5.69 Å². The van der Waals surface area contributed by atoms with Crippen molar-refractivity contribution in [2.24, 2.45) is 11.7 Å². The van der Waals surface area contributed by atoms with Crippen molar-refractivity contribution < 1.29 is 14.3 Å². The topological polar surface area (TPSA) is 94.3 Å². The van der Waals surface area contributed by atoms with E-state index >= 15 is 0 Å². The largest absolute Gasteiger partial charge is 0.481 e. The van der Waals surface area contributed by atoms with Gasteiger partial charge in [0.1, 0.15) is 11.0 Å². The van der Waals surface area contributed by atoms with Gasteiger partial charge in [0.05, 0.1) is 18.3 Å². The maximum atomic E-state index is 11.9. The Bertz CT molecular complexity index is 898. The number of nitrogens with two attached hydrogens (primary N) is 1. The Labute approximate surface area is 138 Å². The Morgan fingerprint density at radius 2 is 2.33 bits per heavy atom. The number of furan rings is 1. The van der Waals surface area contributed by atoms with E-state index < -0.39 is 11.4 Å². The molecule has 24 heavy (non-hydrogen) atoms. The molecule has 0 amide bonds. The number of carbonyl (C=O) groups is 1. The SMILES string of the molecule is NCCCC1CC1(C(=O)O)c1cn(-c2ccc3occc3c2)cn1. The molecule has 3 aromatic rings. The number of rotatable bonds is 6. The van der Waals surface area contributed by atoms with Gasteiger partial charge in [-0.3, -0.25) is 4.79 Å². The molecule has 0 bridgehead atoms. The predicted octanol–water partition coefficient (Wildman–Crippen LogP) is 2.70. The summed E-state index contributed by atoms with van der Waals surface area (Å²) in [5.41, 5.74) is 7.09. The second kappa shape index (κ2) is 5.49. The fraction of sp³-hybridized carbons (Fsp3) is 0.333. The van der Waals surface area contributed by atoms with E-state index in [4.69, 9.17) is 10.2 Å². The Hall–Kier alpha value is -2.60. The third-order valence-corrected chi connectivity index (χ3v) is 5.02. The fourth-order valence-electron chi connectivity index (χ4n) is 3.54. The molecule has 2 heterocycles. The molecule has 3 N–H and O–H groups in total. The highest BCUT2D eigenvalue weighted by molar-refractivity contribution is 5.85. The van der Waals surface area contributed by atoms with Crippen molar-refractivity contribution in [2.45, 2.75) is 24.7 Å². The number of imidazole rings is 1. The summed E-state index contributed by atoms with van der Waals surface area (Å²) >= 11 is 0. The van der Waals surface area contributed by atoms with Crippen LogP contribution in [0.3, 0.4) is 0 Å². The maximum Gasteiger partial charge on any atom is 0.316 e. The van der Waals surface area contributed by atoms with Crippen LogP contribution >= 0.6 is 0 Å². The van der Waals surface area contributed by atoms with E-state index in [9.17, 15) is 9.90 Å². The van der Waals surface area contributed by atoms with Crippen LogP contribution in [0.1, 0.15) is 25.0 Å². The van der Waals surface area contributed by atoms with Crippen molar-refractivity contribution in [1.82, 2.24) is 9.55 Å². The van der Waals surface area contributed by atoms with Crippen LogP contribution < -0.4 is 5.73 Å². The van der Waals surface area contributed by atoms with Gasteiger partial charge in [0.2, 0.25) is 0 Å². The third kappa shape index (κ3) is 2.22. The van der Waals surface area contributed by atoms with Crippen LogP contribution in [0.2, 0.25) is 0 Å². The number of hydrogen-bond acceptors (Lipinski definition) is 4. The van der Waals surface area contributed by atoms with Crippen LogP contribution in [0.25, 0.3) is 16.7 Å². The summed E-state index contributed by atoms with van der Waals surface area (Å²) in [6, 6.07) is 7.73. The van der Waals surface area contributed by atoms with Crippen molar-refractivity contribution >= 4 is 16.9 Å². The van der Waals surface area contributed by atoms with Crippen molar-refractivity contribution in [2.75, 3.05) is 6.54 Å². The summed E-state index contributed by atoms with van der Waals surface area (Å²) in [5.74, 6) is -0.668. The van der Waals surface area contributed by atoms with Gasteiger partial charge in [-0.2, -0.15) is 0 Å². The highest BCUT2D eigenvalue weighted by Crippen LogP contribution is 2.56. The number of carboxylic acids is 1. The summed E-state index contributed by atoms with van der Waals surface area (Å²) < 4.78 is 7.21. The van der Waals surface area contributed by atoms with Crippen LogP contribution in [-0.2, 0) is 10.2 Å². The van der Waals surface area contributed by atoms with Crippen LogP contribution in [0.5, 0.6) is 0 Å². The van der Waals surface area contributed by atoms with Crippen molar-refractivity contribution in [1.29, 1.82) is 0 Å². The van der Waals surface area contributed by atoms with E-state index in [2.05, 4.69) is 4.98 Å². The summed E-state index contributed by atoms with van der Waals surface area (Å²) in [6.45, 7) is 0.589. The quantitative estimate of drug-likeness (QED) is 0.726. The van der Waals surface area contributed by atoms with Crippen LogP contribution in [0.4, 0.5) is 0 Å². The number of benzene rings is 1. The van der Waals surface area contributed by atoms with Gasteiger partial charge in [-0.25, -0.2) is 4.98 Å². The summed E-state index contributed by atoms with van der Waals surface area (Å²) in [4.78, 5) is 16.3. The summed E-state index contributed by atoms with van der Waals surface area (Å²) in [7, 11) is 0. The van der Waals surface area contributed by atoms with E-state index in [0.717, 1.165) is 29.5 Å². The standard InChI is InChI=1S/C18H19N3O3/c19-6-1-2-13-9-18(13,17(22)23)16-10-21(11-20-16)14-3-4-15-12(8-14)5-7-24-15/h3-5,7-8,10-11,13H,1-2,6,9,19H2,(H,22,23). The van der Waals surface area contributed by atoms with Crippen LogP contribution in [0, 0.1) is 5.92 Å². The molecule has 1 aliphatic carbocycles. The number of nitrogens with zero attached hydrogens (tertiary/aromatic N) is 2. The minimum atomic E-state index is -0.847. The highest BCUT2D eigenvalue weighted by Gasteiger charge is 2.62. The van der Waals surface area contributed by atoms with Crippen molar-refractivity contribution in [3.63, 3.8) is 0 Å². The zero-order valence-electron chi connectivity index (χ0n) is 13.2. The molecule has 0 radical (unpaired) electrons. The molecule has 1 aliphatic rings. The predicted molar refractivity (Wildman–Crippen MR) is 89.0 cm³/mol. The Kier molecular flexibility index (Phi) is 3.42. The number of aliphatic carboxylic acids is 1. The smallest absolute Gasteiger partial charge is 0.316 e. The Balaban J connectivity index is 1.65. The zero-order chi connectivity index (χ0) is 16.7. The van der Waals surface area contributed by atoms with E-state index in [-0.39, 0.29) is 5.92 Å². The number of carboxylic acid groups (broad SMARTS) is 1. The lowest BCUT2D eigenvalue weighted by Crippen LogP contribution is -2.23. The molecule has 0 saturated heterocycles. The van der Waals surface area contributed by atoms with E-state index in [1.165, 1.54) is 0 Å². The first kappa shape index (κ1) is 15.0. The zero-order valence-corrected chi connectivity index (χ0v) is 13.2. The van der Waals surface area contributed by atoms with Gasteiger partial charge in [0, 0.05) is 17.3 Å². The molecule has 6 nitrogen and oxygen atoms in total. The molecule has 2 atom stereocenters. The molecule has 2 unspecified atom stereocenters. The molecular weight excluding hydrogens is 306 g/mol. The van der Waals surface area contributed by atoms with Crippen LogP contribution in [-0.4, -0.2) is 27.2 Å². The Morgan fingerprint density at radius 3 is 3.12 bits per heavy atom.